The molecule has 1 aliphatic heterocycles. The Morgan fingerprint density at radius 2 is 1.73 bits per heavy atom. The summed E-state index contributed by atoms with van der Waals surface area (Å²) in [4.78, 5) is 14.6. The first-order valence-corrected chi connectivity index (χ1v) is 9.11. The van der Waals surface area contributed by atoms with E-state index in [4.69, 9.17) is 35.4 Å². The molecule has 0 amide bonds. The van der Waals surface area contributed by atoms with Crippen LogP contribution >= 0.6 is 35.4 Å². The number of nitro groups is 1. The van der Waals surface area contributed by atoms with Crippen LogP contribution in [0.4, 0.5) is 17.1 Å². The first-order chi connectivity index (χ1) is 12.4. The largest absolute Gasteiger partial charge is 0.368 e. The average molecular weight is 411 g/mol. The van der Waals surface area contributed by atoms with Crippen LogP contribution in [0.25, 0.3) is 0 Å². The van der Waals surface area contributed by atoms with E-state index in [1.165, 1.54) is 12.1 Å². The molecule has 0 saturated carbocycles. The van der Waals surface area contributed by atoms with E-state index < -0.39 is 4.92 Å². The molecule has 0 bridgehead atoms. The van der Waals surface area contributed by atoms with Gasteiger partial charge in [-0.15, -0.1) is 0 Å². The zero-order chi connectivity index (χ0) is 18.7. The van der Waals surface area contributed by atoms with Crippen LogP contribution in [0, 0.1) is 10.1 Å². The van der Waals surface area contributed by atoms with Crippen molar-refractivity contribution in [3.8, 4) is 0 Å². The smallest absolute Gasteiger partial charge is 0.269 e. The van der Waals surface area contributed by atoms with Crippen molar-refractivity contribution < 1.29 is 4.92 Å². The number of thiocarbonyl (C=S) groups is 1. The van der Waals surface area contributed by atoms with E-state index >= 15 is 0 Å². The molecule has 1 fully saturated rings. The average Bonchev–Trinajstić information content (AvgIpc) is 2.65. The molecular formula is C17H16Cl2N4O2S. The fraction of sp³-hybridized carbons (Fsp3) is 0.235. The maximum atomic E-state index is 10.7. The predicted octanol–water partition coefficient (Wildman–Crippen LogP) is 4.42. The lowest BCUT2D eigenvalue weighted by Crippen LogP contribution is -2.50. The van der Waals surface area contributed by atoms with Crippen LogP contribution in [-0.4, -0.2) is 41.1 Å². The van der Waals surface area contributed by atoms with Crippen LogP contribution in [0.3, 0.4) is 0 Å². The Balaban J connectivity index is 1.58. The second kappa shape index (κ2) is 8.07. The van der Waals surface area contributed by atoms with Crippen molar-refractivity contribution in [2.24, 2.45) is 0 Å². The second-order valence-corrected chi connectivity index (χ2v) is 7.03. The van der Waals surface area contributed by atoms with E-state index in [1.807, 2.05) is 0 Å². The summed E-state index contributed by atoms with van der Waals surface area (Å²) in [5.41, 5.74) is 1.74. The van der Waals surface area contributed by atoms with Gasteiger partial charge in [0.1, 0.15) is 0 Å². The van der Waals surface area contributed by atoms with Gasteiger partial charge in [0.25, 0.3) is 5.69 Å². The lowest BCUT2D eigenvalue weighted by atomic mass is 10.2. The van der Waals surface area contributed by atoms with Crippen LogP contribution < -0.4 is 10.2 Å². The zero-order valence-corrected chi connectivity index (χ0v) is 16.0. The van der Waals surface area contributed by atoms with E-state index in [0.717, 1.165) is 31.9 Å². The van der Waals surface area contributed by atoms with Gasteiger partial charge in [-0.25, -0.2) is 0 Å². The summed E-state index contributed by atoms with van der Waals surface area (Å²) in [6.07, 6.45) is 0. The summed E-state index contributed by atoms with van der Waals surface area (Å²) < 4.78 is 0. The van der Waals surface area contributed by atoms with Gasteiger partial charge in [0.15, 0.2) is 5.11 Å². The van der Waals surface area contributed by atoms with Crippen LogP contribution in [0.5, 0.6) is 0 Å². The lowest BCUT2D eigenvalue weighted by molar-refractivity contribution is -0.384. The SMILES string of the molecule is O=[N+]([O-])c1ccc(N2CCN(C(=S)Nc3cc(Cl)ccc3Cl)CC2)cc1. The minimum Gasteiger partial charge on any atom is -0.368 e. The van der Waals surface area contributed by atoms with Gasteiger partial charge in [-0.2, -0.15) is 0 Å². The van der Waals surface area contributed by atoms with E-state index in [1.54, 1.807) is 30.3 Å². The fourth-order valence-corrected chi connectivity index (χ4v) is 3.37. The molecule has 2 aromatic rings. The zero-order valence-electron chi connectivity index (χ0n) is 13.7. The van der Waals surface area contributed by atoms with Crippen molar-refractivity contribution in [1.82, 2.24) is 4.90 Å². The lowest BCUT2D eigenvalue weighted by Gasteiger charge is -2.37. The maximum Gasteiger partial charge on any atom is 0.269 e. The van der Waals surface area contributed by atoms with Gasteiger partial charge in [0.2, 0.25) is 0 Å². The molecule has 1 N–H and O–H groups in total. The molecule has 9 heteroatoms. The topological polar surface area (TPSA) is 61.7 Å². The third-order valence-corrected chi connectivity index (χ3v) is 5.09. The number of hydrogen-bond acceptors (Lipinski definition) is 4. The summed E-state index contributed by atoms with van der Waals surface area (Å²) in [6.45, 7) is 3.01. The molecule has 0 unspecified atom stereocenters. The van der Waals surface area contributed by atoms with Gasteiger partial charge in [-0.1, -0.05) is 23.2 Å². The van der Waals surface area contributed by atoms with Gasteiger partial charge < -0.3 is 15.1 Å². The molecule has 3 rings (SSSR count). The predicted molar refractivity (Wildman–Crippen MR) is 110 cm³/mol. The third-order valence-electron chi connectivity index (χ3n) is 4.16. The molecule has 1 heterocycles. The number of hydrogen-bond donors (Lipinski definition) is 1. The standard InChI is InChI=1S/C17H16Cl2N4O2S/c18-12-1-6-15(19)16(11-12)20-17(26)22-9-7-21(8-10-22)13-2-4-14(5-3-13)23(24)25/h1-6,11H,7-10H2,(H,20,26). The number of nitrogens with one attached hydrogen (secondary N) is 1. The molecule has 0 atom stereocenters. The Kier molecular flexibility index (Phi) is 5.80. The van der Waals surface area contributed by atoms with Gasteiger partial charge in [0, 0.05) is 49.0 Å². The first-order valence-electron chi connectivity index (χ1n) is 7.94. The number of nitro benzene ring substituents is 1. The van der Waals surface area contributed by atoms with Crippen LogP contribution in [-0.2, 0) is 0 Å². The molecular weight excluding hydrogens is 395 g/mol. The minimum atomic E-state index is -0.396. The molecule has 2 aromatic carbocycles. The Hall–Kier alpha value is -2.09. The normalized spacial score (nSPS) is 14.2. The fourth-order valence-electron chi connectivity index (χ4n) is 2.74. The minimum absolute atomic E-state index is 0.0937. The first kappa shape index (κ1) is 18.7. The Labute approximate surface area is 166 Å². The van der Waals surface area contributed by atoms with Crippen LogP contribution in [0.2, 0.25) is 10.0 Å². The van der Waals surface area contributed by atoms with Gasteiger partial charge >= 0.3 is 0 Å². The van der Waals surface area contributed by atoms with E-state index in [2.05, 4.69) is 15.1 Å². The van der Waals surface area contributed by atoms with Gasteiger partial charge in [-0.3, -0.25) is 10.1 Å². The number of benzene rings is 2. The number of piperazine rings is 1. The summed E-state index contributed by atoms with van der Waals surface area (Å²) in [5, 5.41) is 15.6. The molecule has 1 saturated heterocycles. The van der Waals surface area contributed by atoms with Crippen molar-refractivity contribution in [3.05, 3.63) is 62.6 Å². The molecule has 0 spiro atoms. The summed E-state index contributed by atoms with van der Waals surface area (Å²) in [5.74, 6) is 0. The van der Waals surface area contributed by atoms with Crippen molar-refractivity contribution in [3.63, 3.8) is 0 Å². The van der Waals surface area contributed by atoms with Gasteiger partial charge in [0.05, 0.1) is 15.6 Å². The third kappa shape index (κ3) is 4.35. The molecule has 26 heavy (non-hydrogen) atoms. The number of non-ortho nitro benzene ring substituents is 1. The molecule has 0 aliphatic carbocycles. The monoisotopic (exact) mass is 410 g/mol. The van der Waals surface area contributed by atoms with Crippen molar-refractivity contribution in [2.75, 3.05) is 36.4 Å². The van der Waals surface area contributed by atoms with E-state index in [-0.39, 0.29) is 5.69 Å². The maximum absolute atomic E-state index is 10.7. The highest BCUT2D eigenvalue weighted by Crippen LogP contribution is 2.26. The molecule has 0 radical (unpaired) electrons. The van der Waals surface area contributed by atoms with E-state index in [0.29, 0.717) is 20.8 Å². The van der Waals surface area contributed by atoms with Crippen molar-refractivity contribution in [2.45, 2.75) is 0 Å². The molecule has 136 valence electrons. The summed E-state index contributed by atoms with van der Waals surface area (Å²) in [7, 11) is 0. The summed E-state index contributed by atoms with van der Waals surface area (Å²) in [6, 6.07) is 11.8. The molecule has 0 aromatic heterocycles. The van der Waals surface area contributed by atoms with Crippen LogP contribution in [0.1, 0.15) is 0 Å². The number of halogens is 2. The quantitative estimate of drug-likeness (QED) is 0.458. The molecule has 1 aliphatic rings. The van der Waals surface area contributed by atoms with Crippen LogP contribution in [0.15, 0.2) is 42.5 Å². The Morgan fingerprint density at radius 3 is 2.35 bits per heavy atom. The number of nitrogens with zero attached hydrogens (tertiary/aromatic N) is 3. The highest BCUT2D eigenvalue weighted by molar-refractivity contribution is 7.80. The number of anilines is 2. The van der Waals surface area contributed by atoms with E-state index in [9.17, 15) is 10.1 Å². The summed E-state index contributed by atoms with van der Waals surface area (Å²) >= 11 is 17.6. The highest BCUT2D eigenvalue weighted by Gasteiger charge is 2.20. The molecule has 6 nitrogen and oxygen atoms in total. The second-order valence-electron chi connectivity index (χ2n) is 5.80. The van der Waals surface area contributed by atoms with Crippen molar-refractivity contribution in [1.29, 1.82) is 0 Å². The van der Waals surface area contributed by atoms with Gasteiger partial charge in [-0.05, 0) is 42.5 Å². The highest BCUT2D eigenvalue weighted by atomic mass is 35.5. The Bertz CT molecular complexity index is 824. The van der Waals surface area contributed by atoms with Crippen molar-refractivity contribution >= 4 is 57.6 Å². The Morgan fingerprint density at radius 1 is 1.08 bits per heavy atom. The number of rotatable bonds is 3.